The molecule has 0 fully saturated rings. The fraction of sp³-hybridized carbons (Fsp3) is 0.747. The number of phosphoric acid groups is 1. The van der Waals surface area contributed by atoms with Crippen molar-refractivity contribution in [3.05, 3.63) is 109 Å². The van der Waals surface area contributed by atoms with Gasteiger partial charge in [0.2, 0.25) is 5.91 Å². The summed E-state index contributed by atoms with van der Waals surface area (Å²) >= 11 is 0. The number of nitrogens with one attached hydrogen (secondary N) is 1. The number of phosphoric ester groups is 1. The van der Waals surface area contributed by atoms with E-state index in [0.717, 1.165) is 116 Å². The molecule has 89 heavy (non-hydrogen) atoms. The van der Waals surface area contributed by atoms with Gasteiger partial charge >= 0.3 is 13.8 Å². The van der Waals surface area contributed by atoms with E-state index >= 15 is 0 Å². The molecule has 10 heteroatoms. The largest absolute Gasteiger partial charge is 0.472 e. The maximum Gasteiger partial charge on any atom is 0.472 e. The van der Waals surface area contributed by atoms with Gasteiger partial charge in [-0.15, -0.1) is 0 Å². The van der Waals surface area contributed by atoms with Crippen LogP contribution < -0.4 is 5.32 Å². The third-order valence-corrected chi connectivity index (χ3v) is 17.2. The van der Waals surface area contributed by atoms with E-state index in [2.05, 4.69) is 123 Å². The Morgan fingerprint density at radius 2 is 0.719 bits per heavy atom. The average molecular weight is 1260 g/mol. The van der Waals surface area contributed by atoms with Crippen LogP contribution in [-0.2, 0) is 27.9 Å². The zero-order chi connectivity index (χ0) is 64.9. The molecule has 0 aromatic heterocycles. The number of rotatable bonds is 67. The maximum atomic E-state index is 13.6. The highest BCUT2D eigenvalue weighted by Gasteiger charge is 2.30. The van der Waals surface area contributed by atoms with E-state index in [4.69, 9.17) is 13.8 Å². The Bertz CT molecular complexity index is 1890. The second-order valence-electron chi connectivity index (χ2n) is 26.1. The molecular formula is C79H142N2O7P+. The maximum absolute atomic E-state index is 13.6. The van der Waals surface area contributed by atoms with Gasteiger partial charge in [0.15, 0.2) is 0 Å². The van der Waals surface area contributed by atoms with Crippen molar-refractivity contribution in [3.8, 4) is 0 Å². The molecule has 0 aromatic carbocycles. The molecule has 0 heterocycles. The number of hydrogen-bond acceptors (Lipinski definition) is 6. The number of likely N-dealkylation sites (N-methyl/N-ethyl adjacent to an activating group) is 1. The molecule has 0 bridgehead atoms. The summed E-state index contributed by atoms with van der Waals surface area (Å²) in [6.07, 6.45) is 93.9. The highest BCUT2D eigenvalue weighted by Crippen LogP contribution is 2.43. The summed E-state index contributed by atoms with van der Waals surface area (Å²) in [7, 11) is 1.49. The molecule has 514 valence electrons. The third-order valence-electron chi connectivity index (χ3n) is 16.2. The van der Waals surface area contributed by atoms with Gasteiger partial charge in [0.1, 0.15) is 19.3 Å². The van der Waals surface area contributed by atoms with E-state index < -0.39 is 20.0 Å². The smallest absolute Gasteiger partial charge is 0.456 e. The molecule has 1 amide bonds. The summed E-state index contributed by atoms with van der Waals surface area (Å²) in [5, 5.41) is 3.07. The van der Waals surface area contributed by atoms with E-state index in [1.54, 1.807) is 0 Å². The van der Waals surface area contributed by atoms with Gasteiger partial charge in [0.05, 0.1) is 33.8 Å². The fourth-order valence-corrected chi connectivity index (χ4v) is 11.2. The number of amides is 1. The average Bonchev–Trinajstić information content (AvgIpc) is 3.70. The number of ether oxygens (including phenoxy) is 1. The number of carbonyl (C=O) groups excluding carboxylic acids is 2. The highest BCUT2D eigenvalue weighted by molar-refractivity contribution is 7.47. The Morgan fingerprint density at radius 1 is 0.404 bits per heavy atom. The quantitative estimate of drug-likeness (QED) is 0.0205. The molecule has 3 atom stereocenters. The van der Waals surface area contributed by atoms with E-state index in [1.165, 1.54) is 180 Å². The van der Waals surface area contributed by atoms with Crippen LogP contribution in [0.25, 0.3) is 0 Å². The van der Waals surface area contributed by atoms with E-state index in [0.29, 0.717) is 17.4 Å². The summed E-state index contributed by atoms with van der Waals surface area (Å²) < 4.78 is 30.8. The van der Waals surface area contributed by atoms with Crippen molar-refractivity contribution >= 4 is 19.7 Å². The predicted molar refractivity (Wildman–Crippen MR) is 387 cm³/mol. The van der Waals surface area contributed by atoms with Gasteiger partial charge in [0.25, 0.3) is 0 Å². The second-order valence-corrected chi connectivity index (χ2v) is 27.5. The SMILES string of the molecule is CC/C=C\C/C=C\C/C=C\C/C=C\C/C=C\C/C=C\CCCCCCCCCCC(=O)NC(COP(=O)(O)OCC[N+](C)(C)C)C(/C=C/CCCCCCCCCCC)OC(=O)CCCCCCCCCCCCCCCCC/C=C\C/C=C\CCCCC. The lowest BCUT2D eigenvalue weighted by atomic mass is 10.0. The number of nitrogens with zero attached hydrogens (tertiary/aromatic N) is 1. The van der Waals surface area contributed by atoms with Crippen LogP contribution in [0.3, 0.4) is 0 Å². The predicted octanol–water partition coefficient (Wildman–Crippen LogP) is 24.0. The van der Waals surface area contributed by atoms with Crippen molar-refractivity contribution in [2.45, 2.75) is 341 Å². The van der Waals surface area contributed by atoms with Crippen LogP contribution in [0.4, 0.5) is 0 Å². The lowest BCUT2D eigenvalue weighted by molar-refractivity contribution is -0.870. The lowest BCUT2D eigenvalue weighted by Gasteiger charge is -2.27. The first-order chi connectivity index (χ1) is 43.4. The van der Waals surface area contributed by atoms with Crippen LogP contribution in [0, 0.1) is 0 Å². The molecule has 2 N–H and O–H groups in total. The van der Waals surface area contributed by atoms with Crippen LogP contribution in [-0.4, -0.2) is 74.3 Å². The van der Waals surface area contributed by atoms with Crippen LogP contribution >= 0.6 is 7.82 Å². The summed E-state index contributed by atoms with van der Waals surface area (Å²) in [4.78, 5) is 37.9. The van der Waals surface area contributed by atoms with Crippen LogP contribution in [0.15, 0.2) is 109 Å². The van der Waals surface area contributed by atoms with Gasteiger partial charge in [-0.1, -0.05) is 310 Å². The molecule has 0 saturated carbocycles. The Kier molecular flexibility index (Phi) is 65.0. The van der Waals surface area contributed by atoms with E-state index in [9.17, 15) is 19.0 Å². The first kappa shape index (κ1) is 85.7. The molecule has 3 unspecified atom stereocenters. The Balaban J connectivity index is 4.99. The number of carbonyl (C=O) groups is 2. The molecule has 0 rings (SSSR count). The molecule has 0 spiro atoms. The van der Waals surface area contributed by atoms with Gasteiger partial charge < -0.3 is 19.4 Å². The minimum atomic E-state index is -4.46. The summed E-state index contributed by atoms with van der Waals surface area (Å²) in [6, 6.07) is -0.860. The number of allylic oxidation sites excluding steroid dienone is 17. The minimum Gasteiger partial charge on any atom is -0.456 e. The van der Waals surface area contributed by atoms with Gasteiger partial charge in [-0.3, -0.25) is 18.6 Å². The first-order valence-electron chi connectivity index (χ1n) is 37.2. The van der Waals surface area contributed by atoms with Crippen molar-refractivity contribution < 1.29 is 37.3 Å². The molecule has 0 saturated heterocycles. The number of quaternary nitrogens is 1. The first-order valence-corrected chi connectivity index (χ1v) is 38.7. The Hall–Kier alpha value is -3.33. The fourth-order valence-electron chi connectivity index (χ4n) is 10.5. The Labute approximate surface area is 551 Å². The molecular weight excluding hydrogens is 1120 g/mol. The molecule has 9 nitrogen and oxygen atoms in total. The molecule has 0 radical (unpaired) electrons. The van der Waals surface area contributed by atoms with Gasteiger partial charge in [-0.2, -0.15) is 0 Å². The van der Waals surface area contributed by atoms with Crippen LogP contribution in [0.5, 0.6) is 0 Å². The number of hydrogen-bond donors (Lipinski definition) is 2. The van der Waals surface area contributed by atoms with Gasteiger partial charge in [-0.25, -0.2) is 4.57 Å². The summed E-state index contributed by atoms with van der Waals surface area (Å²) in [5.41, 5.74) is 0. The van der Waals surface area contributed by atoms with E-state index in [1.807, 2.05) is 33.3 Å². The van der Waals surface area contributed by atoms with Gasteiger partial charge in [-0.05, 0) is 115 Å². The zero-order valence-electron chi connectivity index (χ0n) is 58.9. The zero-order valence-corrected chi connectivity index (χ0v) is 59.8. The third kappa shape index (κ3) is 68.9. The standard InChI is InChI=1S/C79H141N2O7P/c1-7-10-13-16-19-22-25-27-29-31-33-35-37-39-40-42-43-45-47-49-51-53-56-59-62-65-68-71-78(82)80-76(75-87-89(84,85)86-74-73-81(4,5)6)77(70-67-64-61-58-55-24-21-18-15-12-9-3)88-79(83)72-69-66-63-60-57-54-52-50-48-46-44-41-38-36-34-32-30-28-26-23-20-17-14-11-8-2/h10,13,19-20,22-23,27-30,33,35,39-40,43,45,67,70,76-77H,7-9,11-12,14-18,21,24-26,31-32,34,36-38,41-42,44,46-66,68-69,71-75H2,1-6H3,(H-,80,82,84,85)/p+1/b13-10-,22-19-,23-20-,29-27-,30-28-,35-33-,40-39-,45-43-,70-67+. The molecule has 0 aliphatic rings. The summed E-state index contributed by atoms with van der Waals surface area (Å²) in [5.74, 6) is -0.511. The van der Waals surface area contributed by atoms with Crippen molar-refractivity contribution in [1.29, 1.82) is 0 Å². The topological polar surface area (TPSA) is 111 Å². The van der Waals surface area contributed by atoms with Crippen molar-refractivity contribution in [1.82, 2.24) is 5.32 Å². The lowest BCUT2D eigenvalue weighted by Crippen LogP contribution is -2.47. The van der Waals surface area contributed by atoms with Crippen LogP contribution in [0.2, 0.25) is 0 Å². The monoisotopic (exact) mass is 1260 g/mol. The normalized spacial score (nSPS) is 14.1. The minimum absolute atomic E-state index is 0.0346. The van der Waals surface area contributed by atoms with Crippen molar-refractivity contribution in [3.63, 3.8) is 0 Å². The highest BCUT2D eigenvalue weighted by atomic mass is 31.2. The Morgan fingerprint density at radius 3 is 1.10 bits per heavy atom. The van der Waals surface area contributed by atoms with Gasteiger partial charge in [0, 0.05) is 12.8 Å². The van der Waals surface area contributed by atoms with Crippen LogP contribution in [0.1, 0.15) is 329 Å². The van der Waals surface area contributed by atoms with Crippen molar-refractivity contribution in [2.24, 2.45) is 0 Å². The summed E-state index contributed by atoms with van der Waals surface area (Å²) in [6.45, 7) is 6.89. The number of unbranched alkanes of at least 4 members (excludes halogenated alkanes) is 35. The molecule has 0 aliphatic heterocycles. The number of esters is 1. The van der Waals surface area contributed by atoms with Crippen molar-refractivity contribution in [2.75, 3.05) is 40.9 Å². The second kappa shape index (κ2) is 67.6. The molecule has 0 aromatic rings. The molecule has 0 aliphatic carbocycles. The van der Waals surface area contributed by atoms with E-state index in [-0.39, 0.29) is 31.5 Å².